The predicted molar refractivity (Wildman–Crippen MR) is 85.8 cm³/mol. The smallest absolute Gasteiger partial charge is 0.0538 e. The van der Waals surface area contributed by atoms with Crippen LogP contribution in [0.25, 0.3) is 0 Å². The number of benzene rings is 1. The van der Waals surface area contributed by atoms with E-state index in [0.29, 0.717) is 0 Å². The summed E-state index contributed by atoms with van der Waals surface area (Å²) in [5.41, 5.74) is 1.33. The second-order valence-corrected chi connectivity index (χ2v) is 7.66. The number of ether oxygens (including phenoxy) is 1. The van der Waals surface area contributed by atoms with Gasteiger partial charge in [0.1, 0.15) is 0 Å². The minimum Gasteiger partial charge on any atom is -0.381 e. The van der Waals surface area contributed by atoms with Crippen molar-refractivity contribution in [3.8, 4) is 0 Å². The Morgan fingerprint density at radius 3 is 2.65 bits per heavy atom. The zero-order valence-electron chi connectivity index (χ0n) is 12.4. The van der Waals surface area contributed by atoms with Gasteiger partial charge < -0.3 is 10.1 Å². The summed E-state index contributed by atoms with van der Waals surface area (Å²) in [6, 6.07) is 5.68. The minimum absolute atomic E-state index is 0.105. The number of hydrogen-bond donors (Lipinski definition) is 1. The van der Waals surface area contributed by atoms with E-state index in [1.54, 1.807) is 0 Å². The summed E-state index contributed by atoms with van der Waals surface area (Å²) < 4.78 is 5.65. The Hall–Kier alpha value is -0.280. The molecule has 1 fully saturated rings. The van der Waals surface area contributed by atoms with Gasteiger partial charge in [-0.25, -0.2) is 0 Å². The number of nitrogens with one attached hydrogen (secondary N) is 1. The van der Waals surface area contributed by atoms with Gasteiger partial charge in [-0.1, -0.05) is 23.2 Å². The molecule has 2 rings (SSSR count). The molecule has 1 atom stereocenters. The first-order valence-corrected chi connectivity index (χ1v) is 7.82. The number of halogens is 2. The van der Waals surface area contributed by atoms with Gasteiger partial charge in [0.05, 0.1) is 6.61 Å². The molecule has 0 spiro atoms. The van der Waals surface area contributed by atoms with Crippen LogP contribution in [0.5, 0.6) is 0 Å². The van der Waals surface area contributed by atoms with Crippen molar-refractivity contribution in [3.63, 3.8) is 0 Å². The van der Waals surface area contributed by atoms with Crippen LogP contribution >= 0.6 is 23.2 Å². The first-order chi connectivity index (χ1) is 9.30. The summed E-state index contributed by atoms with van der Waals surface area (Å²) >= 11 is 12.4. The molecule has 0 radical (unpaired) electrons. The first-order valence-electron chi connectivity index (χ1n) is 7.06. The second kappa shape index (κ2) is 6.23. The van der Waals surface area contributed by atoms with Crippen LogP contribution in [-0.2, 0) is 11.2 Å². The van der Waals surface area contributed by atoms with Gasteiger partial charge in [0, 0.05) is 34.2 Å². The van der Waals surface area contributed by atoms with Gasteiger partial charge >= 0.3 is 0 Å². The van der Waals surface area contributed by atoms with Crippen molar-refractivity contribution in [2.75, 3.05) is 19.8 Å². The predicted octanol–water partition coefficient (Wildman–Crippen LogP) is 4.33. The zero-order valence-corrected chi connectivity index (χ0v) is 13.9. The summed E-state index contributed by atoms with van der Waals surface area (Å²) in [5, 5.41) is 5.13. The lowest BCUT2D eigenvalue weighted by atomic mass is 9.80. The van der Waals surface area contributed by atoms with Gasteiger partial charge in [0.15, 0.2) is 0 Å². The van der Waals surface area contributed by atoms with Crippen LogP contribution in [0.3, 0.4) is 0 Å². The number of rotatable bonds is 4. The second-order valence-electron chi connectivity index (χ2n) is 6.82. The maximum atomic E-state index is 6.31. The van der Waals surface area contributed by atoms with Gasteiger partial charge in [-0.2, -0.15) is 0 Å². The SMILES string of the molecule is CC(C)(C)NCC1(Cc2cc(Cl)ccc2Cl)CCOC1. The molecule has 112 valence electrons. The molecule has 2 nitrogen and oxygen atoms in total. The molecule has 0 aromatic heterocycles. The molecule has 1 aromatic carbocycles. The fourth-order valence-corrected chi connectivity index (χ4v) is 2.91. The first kappa shape index (κ1) is 16.1. The molecular formula is C16H23Cl2NO. The Balaban J connectivity index is 2.14. The highest BCUT2D eigenvalue weighted by Gasteiger charge is 2.36. The highest BCUT2D eigenvalue weighted by molar-refractivity contribution is 6.33. The Labute approximate surface area is 131 Å². The standard InChI is InChI=1S/C16H23Cl2NO/c1-15(2,3)19-10-16(6-7-20-11-16)9-12-8-13(17)4-5-14(12)18/h4-5,8,19H,6-7,9-11H2,1-3H3. The molecule has 1 aliphatic rings. The van der Waals surface area contributed by atoms with E-state index < -0.39 is 0 Å². The van der Waals surface area contributed by atoms with Crippen molar-refractivity contribution >= 4 is 23.2 Å². The molecule has 1 aromatic rings. The summed E-state index contributed by atoms with van der Waals surface area (Å²) in [6.45, 7) is 9.08. The fourth-order valence-electron chi connectivity index (χ4n) is 2.53. The van der Waals surface area contributed by atoms with Gasteiger partial charge in [0.25, 0.3) is 0 Å². The molecular weight excluding hydrogens is 293 g/mol. The maximum Gasteiger partial charge on any atom is 0.0538 e. The summed E-state index contributed by atoms with van der Waals surface area (Å²) in [4.78, 5) is 0. The van der Waals surface area contributed by atoms with Gasteiger partial charge in [-0.05, 0) is 57.4 Å². The van der Waals surface area contributed by atoms with E-state index in [1.807, 2.05) is 18.2 Å². The van der Waals surface area contributed by atoms with E-state index >= 15 is 0 Å². The summed E-state index contributed by atoms with van der Waals surface area (Å²) in [7, 11) is 0. The Bertz CT molecular complexity index is 462. The van der Waals surface area contributed by atoms with Crippen LogP contribution in [0.2, 0.25) is 10.0 Å². The van der Waals surface area contributed by atoms with Crippen LogP contribution in [0.1, 0.15) is 32.8 Å². The molecule has 0 amide bonds. The van der Waals surface area contributed by atoms with Crippen LogP contribution in [0, 0.1) is 5.41 Å². The average Bonchev–Trinajstić information content (AvgIpc) is 2.80. The average molecular weight is 316 g/mol. The molecule has 20 heavy (non-hydrogen) atoms. The van der Waals surface area contributed by atoms with Crippen molar-refractivity contribution in [3.05, 3.63) is 33.8 Å². The largest absolute Gasteiger partial charge is 0.381 e. The molecule has 1 aliphatic heterocycles. The fraction of sp³-hybridized carbons (Fsp3) is 0.625. The van der Waals surface area contributed by atoms with Gasteiger partial charge in [-0.15, -0.1) is 0 Å². The quantitative estimate of drug-likeness (QED) is 0.892. The third-order valence-corrected chi connectivity index (χ3v) is 4.36. The normalized spacial score (nSPS) is 23.2. The maximum absolute atomic E-state index is 6.31. The lowest BCUT2D eigenvalue weighted by Crippen LogP contribution is -2.45. The molecule has 4 heteroatoms. The Morgan fingerprint density at radius 2 is 2.05 bits per heavy atom. The summed E-state index contributed by atoms with van der Waals surface area (Å²) in [5.74, 6) is 0. The highest BCUT2D eigenvalue weighted by atomic mass is 35.5. The summed E-state index contributed by atoms with van der Waals surface area (Å²) in [6.07, 6.45) is 1.95. The molecule has 1 heterocycles. The molecule has 0 bridgehead atoms. The zero-order chi connectivity index (χ0) is 14.8. The minimum atomic E-state index is 0.105. The molecule has 1 N–H and O–H groups in total. The Kier molecular flexibility index (Phi) is 5.01. The van der Waals surface area contributed by atoms with E-state index in [9.17, 15) is 0 Å². The van der Waals surface area contributed by atoms with Gasteiger partial charge in [0.2, 0.25) is 0 Å². The third-order valence-electron chi connectivity index (χ3n) is 3.75. The Morgan fingerprint density at radius 1 is 1.30 bits per heavy atom. The highest BCUT2D eigenvalue weighted by Crippen LogP contribution is 2.35. The molecule has 1 unspecified atom stereocenters. The molecule has 0 aliphatic carbocycles. The van der Waals surface area contributed by atoms with Crippen molar-refractivity contribution in [1.29, 1.82) is 0 Å². The lowest BCUT2D eigenvalue weighted by molar-refractivity contribution is 0.144. The van der Waals surface area contributed by atoms with Crippen LogP contribution in [-0.4, -0.2) is 25.3 Å². The lowest BCUT2D eigenvalue weighted by Gasteiger charge is -2.32. The van der Waals surface area contributed by atoms with E-state index in [-0.39, 0.29) is 11.0 Å². The van der Waals surface area contributed by atoms with Crippen molar-refractivity contribution in [1.82, 2.24) is 5.32 Å². The molecule has 1 saturated heterocycles. The van der Waals surface area contributed by atoms with E-state index in [2.05, 4.69) is 26.1 Å². The third kappa shape index (κ3) is 4.36. The topological polar surface area (TPSA) is 21.3 Å². The van der Waals surface area contributed by atoms with Crippen molar-refractivity contribution in [2.45, 2.75) is 39.2 Å². The van der Waals surface area contributed by atoms with E-state index in [4.69, 9.17) is 27.9 Å². The van der Waals surface area contributed by atoms with Crippen LogP contribution < -0.4 is 5.32 Å². The van der Waals surface area contributed by atoms with Gasteiger partial charge in [-0.3, -0.25) is 0 Å². The van der Waals surface area contributed by atoms with E-state index in [0.717, 1.165) is 48.2 Å². The van der Waals surface area contributed by atoms with Crippen molar-refractivity contribution in [2.24, 2.45) is 5.41 Å². The van der Waals surface area contributed by atoms with E-state index in [1.165, 1.54) is 0 Å². The molecule has 0 saturated carbocycles. The van der Waals surface area contributed by atoms with Crippen LogP contribution in [0.15, 0.2) is 18.2 Å². The number of hydrogen-bond acceptors (Lipinski definition) is 2. The van der Waals surface area contributed by atoms with Crippen molar-refractivity contribution < 1.29 is 4.74 Å². The monoisotopic (exact) mass is 315 g/mol. The van der Waals surface area contributed by atoms with Crippen LogP contribution in [0.4, 0.5) is 0 Å².